The lowest BCUT2D eigenvalue weighted by Gasteiger charge is -2.09. The first-order valence-electron chi connectivity index (χ1n) is 11.7. The number of aromatic nitrogens is 2. The number of hydrogen-bond donors (Lipinski definition) is 0. The van der Waals surface area contributed by atoms with Crippen molar-refractivity contribution >= 4 is 21.8 Å². The first-order chi connectivity index (χ1) is 16.7. The number of para-hydroxylation sites is 3. The molecule has 0 aliphatic carbocycles. The number of hydrogen-bond acceptors (Lipinski definition) is 4. The van der Waals surface area contributed by atoms with Crippen molar-refractivity contribution in [1.29, 1.82) is 0 Å². The van der Waals surface area contributed by atoms with Crippen LogP contribution in [0, 0.1) is 13.8 Å². The van der Waals surface area contributed by atoms with E-state index in [1.165, 1.54) is 10.9 Å². The zero-order chi connectivity index (χ0) is 23.6. The SMILES string of the molecule is Cc1ccc2cccc(C)c2n1.c1ccc(OCCCCOc2cccc3cccnc23)cc1. The van der Waals surface area contributed by atoms with Gasteiger partial charge in [0.25, 0.3) is 0 Å². The molecule has 0 radical (unpaired) electrons. The van der Waals surface area contributed by atoms with Gasteiger partial charge in [-0.2, -0.15) is 0 Å². The normalized spacial score (nSPS) is 10.5. The third-order valence-corrected chi connectivity index (χ3v) is 5.47. The predicted molar refractivity (Wildman–Crippen MR) is 140 cm³/mol. The smallest absolute Gasteiger partial charge is 0.145 e. The number of rotatable bonds is 7. The standard InChI is InChI=1S/C19H19NO2.C11H11N/c1-2-10-17(11-3-1)21-14-4-5-15-22-18-12-6-8-16-9-7-13-20-19(16)18;1-8-4-3-5-10-7-6-9(2)12-11(8)10/h1-3,6-13H,4-5,14-15H2;3-7H,1-2H3. The van der Waals surface area contributed by atoms with E-state index in [4.69, 9.17) is 9.47 Å². The second-order valence-electron chi connectivity index (χ2n) is 8.15. The van der Waals surface area contributed by atoms with E-state index in [0.717, 1.165) is 46.5 Å². The van der Waals surface area contributed by atoms with Crippen molar-refractivity contribution in [3.63, 3.8) is 0 Å². The number of aryl methyl sites for hydroxylation is 2. The van der Waals surface area contributed by atoms with Crippen LogP contribution in [0.15, 0.2) is 97.2 Å². The highest BCUT2D eigenvalue weighted by molar-refractivity contribution is 5.84. The van der Waals surface area contributed by atoms with Crippen molar-refractivity contribution in [2.45, 2.75) is 26.7 Å². The van der Waals surface area contributed by atoms with Gasteiger partial charge in [0.15, 0.2) is 0 Å². The molecule has 5 aromatic rings. The molecule has 4 nitrogen and oxygen atoms in total. The van der Waals surface area contributed by atoms with Gasteiger partial charge in [0.2, 0.25) is 0 Å². The molecule has 0 saturated carbocycles. The van der Waals surface area contributed by atoms with E-state index in [1.54, 1.807) is 6.20 Å². The van der Waals surface area contributed by atoms with E-state index in [0.29, 0.717) is 13.2 Å². The molecule has 0 fully saturated rings. The zero-order valence-electron chi connectivity index (χ0n) is 19.8. The van der Waals surface area contributed by atoms with Crippen molar-refractivity contribution in [2.75, 3.05) is 13.2 Å². The fourth-order valence-corrected chi connectivity index (χ4v) is 3.68. The third kappa shape index (κ3) is 6.32. The monoisotopic (exact) mass is 450 g/mol. The number of ether oxygens (including phenoxy) is 2. The average Bonchev–Trinajstić information content (AvgIpc) is 2.88. The molecular weight excluding hydrogens is 420 g/mol. The Morgan fingerprint density at radius 3 is 2.15 bits per heavy atom. The van der Waals surface area contributed by atoms with Crippen LogP contribution in [0.5, 0.6) is 11.5 Å². The zero-order valence-corrected chi connectivity index (χ0v) is 19.8. The third-order valence-electron chi connectivity index (χ3n) is 5.47. The molecule has 0 aliphatic heterocycles. The van der Waals surface area contributed by atoms with Crippen molar-refractivity contribution in [1.82, 2.24) is 9.97 Å². The maximum atomic E-state index is 5.85. The van der Waals surface area contributed by atoms with Crippen LogP contribution in [0.25, 0.3) is 21.8 Å². The van der Waals surface area contributed by atoms with Gasteiger partial charge in [-0.05, 0) is 62.6 Å². The van der Waals surface area contributed by atoms with E-state index < -0.39 is 0 Å². The fraction of sp³-hybridized carbons (Fsp3) is 0.200. The van der Waals surface area contributed by atoms with Gasteiger partial charge < -0.3 is 9.47 Å². The Hall–Kier alpha value is -3.92. The number of benzene rings is 3. The lowest BCUT2D eigenvalue weighted by molar-refractivity contribution is 0.268. The first-order valence-corrected chi connectivity index (χ1v) is 11.7. The Morgan fingerprint density at radius 1 is 0.618 bits per heavy atom. The van der Waals surface area contributed by atoms with Crippen molar-refractivity contribution < 1.29 is 9.47 Å². The van der Waals surface area contributed by atoms with Crippen LogP contribution >= 0.6 is 0 Å². The van der Waals surface area contributed by atoms with Gasteiger partial charge in [-0.15, -0.1) is 0 Å². The summed E-state index contributed by atoms with van der Waals surface area (Å²) in [6, 6.07) is 30.3. The molecule has 0 spiro atoms. The Bertz CT molecular complexity index is 1330. The van der Waals surface area contributed by atoms with E-state index in [1.807, 2.05) is 73.7 Å². The van der Waals surface area contributed by atoms with Gasteiger partial charge >= 0.3 is 0 Å². The summed E-state index contributed by atoms with van der Waals surface area (Å²) in [5.74, 6) is 1.77. The highest BCUT2D eigenvalue weighted by Crippen LogP contribution is 2.23. The van der Waals surface area contributed by atoms with E-state index in [2.05, 4.69) is 41.2 Å². The van der Waals surface area contributed by atoms with Gasteiger partial charge in [0.1, 0.15) is 17.0 Å². The second kappa shape index (κ2) is 11.8. The molecule has 3 aromatic carbocycles. The molecule has 34 heavy (non-hydrogen) atoms. The quantitative estimate of drug-likeness (QED) is 0.244. The number of unbranched alkanes of at least 4 members (excludes halogenated alkanes) is 1. The fourth-order valence-electron chi connectivity index (χ4n) is 3.68. The van der Waals surface area contributed by atoms with Crippen LogP contribution in [0.1, 0.15) is 24.1 Å². The van der Waals surface area contributed by atoms with Crippen LogP contribution in [0.2, 0.25) is 0 Å². The Balaban J connectivity index is 0.000000192. The summed E-state index contributed by atoms with van der Waals surface area (Å²) in [7, 11) is 0. The number of pyridine rings is 2. The molecule has 0 amide bonds. The van der Waals surface area contributed by atoms with Crippen LogP contribution in [0.3, 0.4) is 0 Å². The Morgan fingerprint density at radius 2 is 1.32 bits per heavy atom. The molecule has 0 aliphatic rings. The molecule has 0 unspecified atom stereocenters. The molecule has 0 bridgehead atoms. The lowest BCUT2D eigenvalue weighted by atomic mass is 10.1. The minimum absolute atomic E-state index is 0.674. The van der Waals surface area contributed by atoms with Crippen molar-refractivity contribution in [2.24, 2.45) is 0 Å². The maximum absolute atomic E-state index is 5.85. The van der Waals surface area contributed by atoms with Gasteiger partial charge in [0, 0.05) is 22.7 Å². The van der Waals surface area contributed by atoms with Gasteiger partial charge in [0.05, 0.1) is 18.7 Å². The minimum atomic E-state index is 0.674. The number of fused-ring (bicyclic) bond motifs is 2. The van der Waals surface area contributed by atoms with E-state index in [-0.39, 0.29) is 0 Å². The van der Waals surface area contributed by atoms with Gasteiger partial charge in [-0.1, -0.05) is 60.7 Å². The van der Waals surface area contributed by atoms with Crippen LogP contribution < -0.4 is 9.47 Å². The summed E-state index contributed by atoms with van der Waals surface area (Å²) in [6.45, 7) is 5.50. The van der Waals surface area contributed by atoms with Crippen LogP contribution in [-0.2, 0) is 0 Å². The van der Waals surface area contributed by atoms with Gasteiger partial charge in [-0.3, -0.25) is 9.97 Å². The maximum Gasteiger partial charge on any atom is 0.145 e. The largest absolute Gasteiger partial charge is 0.494 e. The highest BCUT2D eigenvalue weighted by Gasteiger charge is 2.02. The topological polar surface area (TPSA) is 44.2 Å². The molecular formula is C30H30N2O2. The first kappa shape index (κ1) is 23.2. The van der Waals surface area contributed by atoms with Crippen LogP contribution in [0.4, 0.5) is 0 Å². The molecule has 0 N–H and O–H groups in total. The Labute approximate surface area is 201 Å². The summed E-state index contributed by atoms with van der Waals surface area (Å²) in [5, 5.41) is 2.33. The Kier molecular flexibility index (Phi) is 8.07. The molecule has 4 heteroatoms. The molecule has 2 aromatic heterocycles. The predicted octanol–water partition coefficient (Wildman–Crippen LogP) is 7.32. The molecule has 172 valence electrons. The second-order valence-corrected chi connectivity index (χ2v) is 8.15. The molecule has 5 rings (SSSR count). The van der Waals surface area contributed by atoms with E-state index in [9.17, 15) is 0 Å². The summed E-state index contributed by atoms with van der Waals surface area (Å²) >= 11 is 0. The minimum Gasteiger partial charge on any atom is -0.494 e. The van der Waals surface area contributed by atoms with Crippen molar-refractivity contribution in [3.05, 3.63) is 108 Å². The summed E-state index contributed by atoms with van der Waals surface area (Å²) in [5.41, 5.74) is 4.37. The number of nitrogens with zero attached hydrogens (tertiary/aromatic N) is 2. The van der Waals surface area contributed by atoms with Crippen molar-refractivity contribution in [3.8, 4) is 11.5 Å². The average molecular weight is 451 g/mol. The highest BCUT2D eigenvalue weighted by atomic mass is 16.5. The summed E-state index contributed by atoms with van der Waals surface area (Å²) < 4.78 is 11.5. The summed E-state index contributed by atoms with van der Waals surface area (Å²) in [6.07, 6.45) is 3.71. The van der Waals surface area contributed by atoms with Gasteiger partial charge in [-0.25, -0.2) is 0 Å². The lowest BCUT2D eigenvalue weighted by Crippen LogP contribution is -2.03. The molecule has 0 saturated heterocycles. The van der Waals surface area contributed by atoms with E-state index >= 15 is 0 Å². The summed E-state index contributed by atoms with van der Waals surface area (Å²) in [4.78, 5) is 8.86. The van der Waals surface area contributed by atoms with Crippen LogP contribution in [-0.4, -0.2) is 23.2 Å². The molecule has 0 atom stereocenters. The molecule has 2 heterocycles.